The molecule has 0 saturated carbocycles. The van der Waals surface area contributed by atoms with Crippen LogP contribution in [0.2, 0.25) is 0 Å². The highest BCUT2D eigenvalue weighted by Gasteiger charge is 2.16. The maximum Gasteiger partial charge on any atom is 0.258 e. The topological polar surface area (TPSA) is 59.2 Å². The third-order valence-electron chi connectivity index (χ3n) is 2.70. The molecule has 1 heterocycles. The van der Waals surface area contributed by atoms with E-state index in [1.807, 2.05) is 19.1 Å². The largest absolute Gasteiger partial charge is 0.399 e. The smallest absolute Gasteiger partial charge is 0.258 e. The lowest BCUT2D eigenvalue weighted by molar-refractivity contribution is 0.0988. The molecule has 0 saturated heterocycles. The lowest BCUT2D eigenvalue weighted by Crippen LogP contribution is -2.30. The average Bonchev–Trinajstić information content (AvgIpc) is 2.39. The predicted octanol–water partition coefficient (Wildman–Crippen LogP) is 3.09. The number of rotatable bonds is 3. The summed E-state index contributed by atoms with van der Waals surface area (Å²) in [5.41, 5.74) is 7.71. The fourth-order valence-electron chi connectivity index (χ4n) is 1.86. The number of halogens is 1. The summed E-state index contributed by atoms with van der Waals surface area (Å²) in [5, 5.41) is 0. The number of carbonyl (C=O) groups excluding carboxylic acids is 1. The van der Waals surface area contributed by atoms with Gasteiger partial charge in [-0.1, -0.05) is 15.9 Å². The van der Waals surface area contributed by atoms with Gasteiger partial charge in [-0.3, -0.25) is 9.78 Å². The van der Waals surface area contributed by atoms with Crippen molar-refractivity contribution >= 4 is 33.2 Å². The molecule has 0 bridgehead atoms. The van der Waals surface area contributed by atoms with Crippen molar-refractivity contribution in [1.82, 2.24) is 4.98 Å². The van der Waals surface area contributed by atoms with E-state index in [1.54, 1.807) is 35.5 Å². The van der Waals surface area contributed by atoms with Crippen LogP contribution in [0, 0.1) is 0 Å². The average molecular weight is 320 g/mol. The molecule has 1 amide bonds. The number of benzene rings is 1. The number of nitrogen functional groups attached to an aromatic ring is 1. The zero-order valence-corrected chi connectivity index (χ0v) is 12.1. The third-order valence-corrected chi connectivity index (χ3v) is 3.16. The number of pyridine rings is 1. The van der Waals surface area contributed by atoms with Crippen molar-refractivity contribution in [3.8, 4) is 0 Å². The summed E-state index contributed by atoms with van der Waals surface area (Å²) in [6.45, 7) is 2.51. The lowest BCUT2D eigenvalue weighted by Gasteiger charge is -2.21. The Labute approximate surface area is 120 Å². The van der Waals surface area contributed by atoms with Crippen LogP contribution in [0.4, 0.5) is 11.4 Å². The van der Waals surface area contributed by atoms with Crippen molar-refractivity contribution in [1.29, 1.82) is 0 Å². The van der Waals surface area contributed by atoms with E-state index in [-0.39, 0.29) is 5.91 Å². The molecular formula is C14H14BrN3O. The predicted molar refractivity (Wildman–Crippen MR) is 80.1 cm³/mol. The molecule has 19 heavy (non-hydrogen) atoms. The van der Waals surface area contributed by atoms with Gasteiger partial charge in [-0.2, -0.15) is 0 Å². The van der Waals surface area contributed by atoms with Gasteiger partial charge in [0.05, 0.1) is 0 Å². The van der Waals surface area contributed by atoms with Crippen molar-refractivity contribution in [2.24, 2.45) is 0 Å². The van der Waals surface area contributed by atoms with Gasteiger partial charge in [0.1, 0.15) is 0 Å². The van der Waals surface area contributed by atoms with Crippen molar-refractivity contribution in [3.63, 3.8) is 0 Å². The number of hydrogen-bond donors (Lipinski definition) is 1. The molecule has 2 aromatic rings. The minimum atomic E-state index is -0.0818. The van der Waals surface area contributed by atoms with Gasteiger partial charge in [-0.25, -0.2) is 0 Å². The molecule has 1 aromatic carbocycles. The number of nitrogens with two attached hydrogens (primary N) is 1. The first-order chi connectivity index (χ1) is 9.11. The maximum atomic E-state index is 12.5. The van der Waals surface area contributed by atoms with E-state index in [1.165, 1.54) is 0 Å². The van der Waals surface area contributed by atoms with E-state index in [9.17, 15) is 4.79 Å². The van der Waals surface area contributed by atoms with E-state index < -0.39 is 0 Å². The van der Waals surface area contributed by atoms with Crippen molar-refractivity contribution < 1.29 is 4.79 Å². The second kappa shape index (κ2) is 5.84. The van der Waals surface area contributed by atoms with Crippen LogP contribution in [-0.2, 0) is 0 Å². The van der Waals surface area contributed by atoms with Crippen LogP contribution in [0.3, 0.4) is 0 Å². The summed E-state index contributed by atoms with van der Waals surface area (Å²) in [6.07, 6.45) is 3.33. The quantitative estimate of drug-likeness (QED) is 0.884. The lowest BCUT2D eigenvalue weighted by atomic mass is 10.1. The van der Waals surface area contributed by atoms with E-state index >= 15 is 0 Å². The number of carbonyl (C=O) groups is 1. The third kappa shape index (κ3) is 3.12. The molecule has 0 radical (unpaired) electrons. The first-order valence-electron chi connectivity index (χ1n) is 5.89. The van der Waals surface area contributed by atoms with Gasteiger partial charge < -0.3 is 10.6 Å². The molecule has 98 valence electrons. The fraction of sp³-hybridized carbons (Fsp3) is 0.143. The fourth-order valence-corrected chi connectivity index (χ4v) is 2.37. The Bertz CT molecular complexity index is 566. The van der Waals surface area contributed by atoms with Crippen LogP contribution >= 0.6 is 15.9 Å². The molecule has 4 nitrogen and oxygen atoms in total. The Morgan fingerprint density at radius 2 is 2.00 bits per heavy atom. The van der Waals surface area contributed by atoms with E-state index in [0.29, 0.717) is 17.8 Å². The van der Waals surface area contributed by atoms with Crippen molar-refractivity contribution in [2.45, 2.75) is 6.92 Å². The van der Waals surface area contributed by atoms with Gasteiger partial charge in [0.15, 0.2) is 0 Å². The SMILES string of the molecule is CCN(C(=O)c1cc(N)cc(Br)c1)c1ccncc1. The normalized spacial score (nSPS) is 10.2. The Balaban J connectivity index is 2.36. The monoisotopic (exact) mass is 319 g/mol. The summed E-state index contributed by atoms with van der Waals surface area (Å²) >= 11 is 3.35. The summed E-state index contributed by atoms with van der Waals surface area (Å²) in [7, 11) is 0. The summed E-state index contributed by atoms with van der Waals surface area (Å²) in [5.74, 6) is -0.0818. The number of anilines is 2. The molecule has 0 atom stereocenters. The highest BCUT2D eigenvalue weighted by molar-refractivity contribution is 9.10. The Morgan fingerprint density at radius 1 is 1.32 bits per heavy atom. The van der Waals surface area contributed by atoms with E-state index in [0.717, 1.165) is 10.2 Å². The molecular weight excluding hydrogens is 306 g/mol. The van der Waals surface area contributed by atoms with Crippen molar-refractivity contribution in [3.05, 3.63) is 52.8 Å². The van der Waals surface area contributed by atoms with Crippen LogP contribution in [0.1, 0.15) is 17.3 Å². The van der Waals surface area contributed by atoms with Crippen molar-refractivity contribution in [2.75, 3.05) is 17.2 Å². The standard InChI is InChI=1S/C14H14BrN3O/c1-2-18(13-3-5-17-6-4-13)14(19)10-7-11(15)9-12(16)8-10/h3-9H,2,16H2,1H3. The zero-order valence-electron chi connectivity index (χ0n) is 10.5. The number of amides is 1. The number of nitrogens with zero attached hydrogens (tertiary/aromatic N) is 2. The second-order valence-electron chi connectivity index (χ2n) is 4.03. The van der Waals surface area contributed by atoms with Crippen LogP contribution in [0.15, 0.2) is 47.2 Å². The molecule has 0 aliphatic heterocycles. The first kappa shape index (κ1) is 13.5. The molecule has 5 heteroatoms. The van der Waals surface area contributed by atoms with Crippen LogP contribution < -0.4 is 10.6 Å². The number of hydrogen-bond acceptors (Lipinski definition) is 3. The van der Waals surface area contributed by atoms with Crippen LogP contribution in [-0.4, -0.2) is 17.4 Å². The maximum absolute atomic E-state index is 12.5. The highest BCUT2D eigenvalue weighted by Crippen LogP contribution is 2.21. The van der Waals surface area contributed by atoms with Gasteiger partial charge in [0.25, 0.3) is 5.91 Å². The molecule has 0 spiro atoms. The summed E-state index contributed by atoms with van der Waals surface area (Å²) in [6, 6.07) is 8.82. The molecule has 0 unspecified atom stereocenters. The van der Waals surface area contributed by atoms with Gasteiger partial charge in [-0.05, 0) is 37.3 Å². The second-order valence-corrected chi connectivity index (χ2v) is 4.94. The Hall–Kier alpha value is -1.88. The molecule has 0 fully saturated rings. The van der Waals surface area contributed by atoms with Crippen LogP contribution in [0.5, 0.6) is 0 Å². The van der Waals surface area contributed by atoms with Crippen LogP contribution in [0.25, 0.3) is 0 Å². The van der Waals surface area contributed by atoms with Gasteiger partial charge >= 0.3 is 0 Å². The first-order valence-corrected chi connectivity index (χ1v) is 6.69. The van der Waals surface area contributed by atoms with Gasteiger partial charge in [0.2, 0.25) is 0 Å². The molecule has 2 rings (SSSR count). The molecule has 0 aliphatic carbocycles. The zero-order chi connectivity index (χ0) is 13.8. The minimum absolute atomic E-state index is 0.0818. The van der Waals surface area contributed by atoms with E-state index in [2.05, 4.69) is 20.9 Å². The molecule has 0 aliphatic rings. The highest BCUT2D eigenvalue weighted by atomic mass is 79.9. The van der Waals surface area contributed by atoms with Gasteiger partial charge in [0, 0.05) is 40.3 Å². The number of aromatic nitrogens is 1. The molecule has 2 N–H and O–H groups in total. The summed E-state index contributed by atoms with van der Waals surface area (Å²) in [4.78, 5) is 18.2. The Morgan fingerprint density at radius 3 is 2.58 bits per heavy atom. The minimum Gasteiger partial charge on any atom is -0.399 e. The van der Waals surface area contributed by atoms with Gasteiger partial charge in [-0.15, -0.1) is 0 Å². The Kier molecular flexibility index (Phi) is 4.16. The van der Waals surface area contributed by atoms with E-state index in [4.69, 9.17) is 5.73 Å². The molecule has 1 aromatic heterocycles. The summed E-state index contributed by atoms with van der Waals surface area (Å²) < 4.78 is 0.793.